The van der Waals surface area contributed by atoms with Crippen LogP contribution in [0.5, 0.6) is 0 Å². The molecular weight excluding hydrogens is 194 g/mol. The largest absolute Gasteiger partial charge is 0.314 e. The van der Waals surface area contributed by atoms with Crippen LogP contribution in [0.15, 0.2) is 24.3 Å². The van der Waals surface area contributed by atoms with Gasteiger partial charge in [0.05, 0.1) is 0 Å². The molecule has 0 aliphatic rings. The summed E-state index contributed by atoms with van der Waals surface area (Å²) in [5.74, 6) is 0. The molecule has 1 heteroatoms. The molecule has 0 atom stereocenters. The number of hydrogen-bond acceptors (Lipinski definition) is 1. The van der Waals surface area contributed by atoms with Crippen LogP contribution >= 0.6 is 0 Å². The SMILES string of the molecule is Cc1ccc(CC(C)(C)CNC(C)C)cc1. The lowest BCUT2D eigenvalue weighted by Crippen LogP contribution is -2.35. The second-order valence-corrected chi connectivity index (χ2v) is 5.86. The molecule has 0 saturated carbocycles. The lowest BCUT2D eigenvalue weighted by molar-refractivity contribution is 0.326. The van der Waals surface area contributed by atoms with Crippen molar-refractivity contribution in [2.45, 2.75) is 47.1 Å². The van der Waals surface area contributed by atoms with Crippen molar-refractivity contribution >= 4 is 0 Å². The van der Waals surface area contributed by atoms with Crippen LogP contribution in [0, 0.1) is 12.3 Å². The average Bonchev–Trinajstić information content (AvgIpc) is 2.19. The molecule has 1 N–H and O–H groups in total. The fourth-order valence-corrected chi connectivity index (χ4v) is 1.80. The molecule has 1 rings (SSSR count). The Kier molecular flexibility index (Phi) is 4.55. The molecule has 0 unspecified atom stereocenters. The summed E-state index contributed by atoms with van der Waals surface area (Å²) in [4.78, 5) is 0. The van der Waals surface area contributed by atoms with Crippen LogP contribution in [0.1, 0.15) is 38.8 Å². The van der Waals surface area contributed by atoms with Gasteiger partial charge < -0.3 is 5.32 Å². The molecule has 0 aromatic heterocycles. The van der Waals surface area contributed by atoms with Crippen LogP contribution in [-0.4, -0.2) is 12.6 Å². The Hall–Kier alpha value is -0.820. The highest BCUT2D eigenvalue weighted by molar-refractivity contribution is 5.22. The number of aryl methyl sites for hydroxylation is 1. The molecule has 0 saturated heterocycles. The van der Waals surface area contributed by atoms with Gasteiger partial charge in [0.25, 0.3) is 0 Å². The van der Waals surface area contributed by atoms with Crippen LogP contribution in [0.4, 0.5) is 0 Å². The van der Waals surface area contributed by atoms with Gasteiger partial charge in [-0.25, -0.2) is 0 Å². The van der Waals surface area contributed by atoms with E-state index in [9.17, 15) is 0 Å². The van der Waals surface area contributed by atoms with E-state index in [4.69, 9.17) is 0 Å². The molecule has 0 radical (unpaired) electrons. The number of benzene rings is 1. The molecule has 90 valence electrons. The van der Waals surface area contributed by atoms with E-state index in [0.717, 1.165) is 13.0 Å². The highest BCUT2D eigenvalue weighted by Crippen LogP contribution is 2.21. The minimum Gasteiger partial charge on any atom is -0.314 e. The quantitative estimate of drug-likeness (QED) is 0.798. The van der Waals surface area contributed by atoms with Gasteiger partial charge in [0.1, 0.15) is 0 Å². The molecule has 0 aliphatic carbocycles. The standard InChI is InChI=1S/C15H25N/c1-12(2)16-11-15(4,5)10-14-8-6-13(3)7-9-14/h6-9,12,16H,10-11H2,1-5H3. The molecule has 0 amide bonds. The van der Waals surface area contributed by atoms with E-state index in [1.54, 1.807) is 0 Å². The van der Waals surface area contributed by atoms with Crippen molar-refractivity contribution in [1.82, 2.24) is 5.32 Å². The van der Waals surface area contributed by atoms with Crippen LogP contribution in [0.3, 0.4) is 0 Å². The average molecular weight is 219 g/mol. The van der Waals surface area contributed by atoms with E-state index in [0.29, 0.717) is 11.5 Å². The zero-order chi connectivity index (χ0) is 12.2. The number of nitrogens with one attached hydrogen (secondary N) is 1. The van der Waals surface area contributed by atoms with Gasteiger partial charge in [-0.15, -0.1) is 0 Å². The van der Waals surface area contributed by atoms with Gasteiger partial charge in [-0.1, -0.05) is 57.5 Å². The predicted molar refractivity (Wildman–Crippen MR) is 71.8 cm³/mol. The maximum Gasteiger partial charge on any atom is 0.00106 e. The summed E-state index contributed by atoms with van der Waals surface area (Å²) in [5.41, 5.74) is 3.09. The van der Waals surface area contributed by atoms with Gasteiger partial charge in [-0.2, -0.15) is 0 Å². The summed E-state index contributed by atoms with van der Waals surface area (Å²) in [5, 5.41) is 3.52. The second-order valence-electron chi connectivity index (χ2n) is 5.86. The molecule has 0 spiro atoms. The maximum atomic E-state index is 3.52. The molecule has 16 heavy (non-hydrogen) atoms. The Labute approximate surface area is 100 Å². The molecule has 0 heterocycles. The first-order valence-electron chi connectivity index (χ1n) is 6.18. The molecule has 0 aliphatic heterocycles. The van der Waals surface area contributed by atoms with Crippen LogP contribution in [-0.2, 0) is 6.42 Å². The number of rotatable bonds is 5. The van der Waals surface area contributed by atoms with Crippen molar-refractivity contribution in [1.29, 1.82) is 0 Å². The van der Waals surface area contributed by atoms with Crippen LogP contribution < -0.4 is 5.32 Å². The van der Waals surface area contributed by atoms with Gasteiger partial charge in [0.2, 0.25) is 0 Å². The minimum absolute atomic E-state index is 0.319. The van der Waals surface area contributed by atoms with Gasteiger partial charge in [-0.3, -0.25) is 0 Å². The lowest BCUT2D eigenvalue weighted by Gasteiger charge is -2.26. The van der Waals surface area contributed by atoms with E-state index in [2.05, 4.69) is 64.2 Å². The zero-order valence-corrected chi connectivity index (χ0v) is 11.3. The van der Waals surface area contributed by atoms with E-state index >= 15 is 0 Å². The Morgan fingerprint density at radius 1 is 1.12 bits per heavy atom. The molecular formula is C15H25N. The van der Waals surface area contributed by atoms with E-state index < -0.39 is 0 Å². The Morgan fingerprint density at radius 2 is 1.69 bits per heavy atom. The van der Waals surface area contributed by atoms with Crippen molar-refractivity contribution in [3.63, 3.8) is 0 Å². The van der Waals surface area contributed by atoms with Gasteiger partial charge in [-0.05, 0) is 24.3 Å². The summed E-state index contributed by atoms with van der Waals surface area (Å²) in [6, 6.07) is 9.44. The highest BCUT2D eigenvalue weighted by Gasteiger charge is 2.18. The first-order chi connectivity index (χ1) is 7.39. The molecule has 1 aromatic rings. The van der Waals surface area contributed by atoms with Crippen LogP contribution in [0.2, 0.25) is 0 Å². The van der Waals surface area contributed by atoms with Gasteiger partial charge >= 0.3 is 0 Å². The summed E-state index contributed by atoms with van der Waals surface area (Å²) >= 11 is 0. The third-order valence-corrected chi connectivity index (χ3v) is 2.79. The number of hydrogen-bond donors (Lipinski definition) is 1. The van der Waals surface area contributed by atoms with Gasteiger partial charge in [0.15, 0.2) is 0 Å². The van der Waals surface area contributed by atoms with Crippen molar-refractivity contribution in [2.75, 3.05) is 6.54 Å². The first kappa shape index (κ1) is 13.2. The maximum absolute atomic E-state index is 3.52. The van der Waals surface area contributed by atoms with Crippen molar-refractivity contribution < 1.29 is 0 Å². The summed E-state index contributed by atoms with van der Waals surface area (Å²) in [6.45, 7) is 12.2. The van der Waals surface area contributed by atoms with Gasteiger partial charge in [0, 0.05) is 12.6 Å². The molecule has 0 fully saturated rings. The Morgan fingerprint density at radius 3 is 2.19 bits per heavy atom. The Bertz CT molecular complexity index is 309. The van der Waals surface area contributed by atoms with Crippen molar-refractivity contribution in [3.05, 3.63) is 35.4 Å². The summed E-state index contributed by atoms with van der Waals surface area (Å²) in [6.07, 6.45) is 1.13. The topological polar surface area (TPSA) is 12.0 Å². The third kappa shape index (κ3) is 4.80. The summed E-state index contributed by atoms with van der Waals surface area (Å²) in [7, 11) is 0. The lowest BCUT2D eigenvalue weighted by atomic mass is 9.85. The molecule has 1 nitrogen and oxygen atoms in total. The first-order valence-corrected chi connectivity index (χ1v) is 6.18. The summed E-state index contributed by atoms with van der Waals surface area (Å²) < 4.78 is 0. The van der Waals surface area contributed by atoms with E-state index in [1.807, 2.05) is 0 Å². The molecule has 0 bridgehead atoms. The van der Waals surface area contributed by atoms with E-state index in [1.165, 1.54) is 11.1 Å². The Balaban J connectivity index is 2.54. The fourth-order valence-electron chi connectivity index (χ4n) is 1.80. The van der Waals surface area contributed by atoms with Crippen LogP contribution in [0.25, 0.3) is 0 Å². The predicted octanol–water partition coefficient (Wildman–Crippen LogP) is 3.56. The normalized spacial score (nSPS) is 12.1. The van der Waals surface area contributed by atoms with E-state index in [-0.39, 0.29) is 0 Å². The third-order valence-electron chi connectivity index (χ3n) is 2.79. The fraction of sp³-hybridized carbons (Fsp3) is 0.600. The second kappa shape index (κ2) is 5.49. The minimum atomic E-state index is 0.319. The van der Waals surface area contributed by atoms with Crippen molar-refractivity contribution in [3.8, 4) is 0 Å². The highest BCUT2D eigenvalue weighted by atomic mass is 14.9. The zero-order valence-electron chi connectivity index (χ0n) is 11.3. The molecule has 1 aromatic carbocycles. The van der Waals surface area contributed by atoms with Crippen molar-refractivity contribution in [2.24, 2.45) is 5.41 Å². The monoisotopic (exact) mass is 219 g/mol. The smallest absolute Gasteiger partial charge is 0.00106 e.